The number of rotatable bonds is 6. The van der Waals surface area contributed by atoms with Crippen LogP contribution < -0.4 is 4.90 Å². The maximum atomic E-state index is 2.49. The van der Waals surface area contributed by atoms with Crippen molar-refractivity contribution in [1.29, 1.82) is 0 Å². The standard InChI is InChI=1S/C55H39NS/c1-55(2)49-34-40(37-16-7-4-8-17-37)28-33-48(49)52-50(35-41-18-9-10-19-44(41)53(52)55)56(42-29-24-38(25-30-42)36-14-5-3-6-15-36)43-31-26-39(27-32-43)45-21-13-22-47-46-20-11-12-23-51(46)57-54(45)47/h3-35H,1-2H3. The Morgan fingerprint density at radius 3 is 1.70 bits per heavy atom. The molecule has 0 N–H and O–H groups in total. The monoisotopic (exact) mass is 745 g/mol. The fourth-order valence-corrected chi connectivity index (χ4v) is 10.5. The molecule has 0 unspecified atom stereocenters. The zero-order chi connectivity index (χ0) is 38.1. The zero-order valence-electron chi connectivity index (χ0n) is 31.9. The molecule has 1 nitrogen and oxygen atoms in total. The van der Waals surface area contributed by atoms with Gasteiger partial charge >= 0.3 is 0 Å². The van der Waals surface area contributed by atoms with Crippen molar-refractivity contribution < 1.29 is 0 Å². The fourth-order valence-electron chi connectivity index (χ4n) is 9.28. The molecule has 0 bridgehead atoms. The topological polar surface area (TPSA) is 3.24 Å². The summed E-state index contributed by atoms with van der Waals surface area (Å²) < 4.78 is 2.66. The van der Waals surface area contributed by atoms with Crippen LogP contribution >= 0.6 is 11.3 Å². The van der Waals surface area contributed by atoms with Crippen LogP contribution in [0.4, 0.5) is 17.1 Å². The van der Waals surface area contributed by atoms with Crippen molar-refractivity contribution >= 4 is 59.3 Å². The van der Waals surface area contributed by atoms with E-state index in [-0.39, 0.29) is 5.41 Å². The fraction of sp³-hybridized carbons (Fsp3) is 0.0545. The van der Waals surface area contributed by atoms with Crippen molar-refractivity contribution in [1.82, 2.24) is 0 Å². The van der Waals surface area contributed by atoms with E-state index < -0.39 is 0 Å². The maximum absolute atomic E-state index is 2.49. The molecule has 1 aliphatic carbocycles. The predicted octanol–water partition coefficient (Wildman–Crippen LogP) is 16.0. The largest absolute Gasteiger partial charge is 0.310 e. The minimum atomic E-state index is -0.222. The van der Waals surface area contributed by atoms with Crippen LogP contribution in [0.15, 0.2) is 200 Å². The summed E-state index contributed by atoms with van der Waals surface area (Å²) in [5.74, 6) is 0. The van der Waals surface area contributed by atoms with Crippen LogP contribution in [0.1, 0.15) is 25.0 Å². The number of hydrogen-bond acceptors (Lipinski definition) is 2. The van der Waals surface area contributed by atoms with Crippen LogP contribution in [0.25, 0.3) is 75.5 Å². The van der Waals surface area contributed by atoms with Gasteiger partial charge in [-0.25, -0.2) is 0 Å². The molecule has 0 atom stereocenters. The Hall–Kier alpha value is -6.74. The second-order valence-electron chi connectivity index (χ2n) is 15.7. The summed E-state index contributed by atoms with van der Waals surface area (Å²) in [5, 5.41) is 5.20. The van der Waals surface area contributed by atoms with Crippen molar-refractivity contribution in [3.05, 3.63) is 211 Å². The van der Waals surface area contributed by atoms with E-state index >= 15 is 0 Å². The molecule has 9 aromatic carbocycles. The molecule has 0 fully saturated rings. The van der Waals surface area contributed by atoms with Gasteiger partial charge in [0.1, 0.15) is 0 Å². The number of hydrogen-bond donors (Lipinski definition) is 0. The summed E-state index contributed by atoms with van der Waals surface area (Å²) >= 11 is 1.88. The highest BCUT2D eigenvalue weighted by atomic mass is 32.1. The first kappa shape index (κ1) is 33.6. The molecule has 0 radical (unpaired) electrons. The van der Waals surface area contributed by atoms with Crippen molar-refractivity contribution in [2.75, 3.05) is 4.90 Å². The molecule has 1 aliphatic rings. The van der Waals surface area contributed by atoms with Crippen molar-refractivity contribution in [3.63, 3.8) is 0 Å². The van der Waals surface area contributed by atoms with Crippen LogP contribution in [0, 0.1) is 0 Å². The summed E-state index contributed by atoms with van der Waals surface area (Å²) in [6, 6.07) is 73.7. The van der Waals surface area contributed by atoms with E-state index in [1.807, 2.05) is 11.3 Å². The van der Waals surface area contributed by atoms with E-state index in [4.69, 9.17) is 0 Å². The Bertz CT molecular complexity index is 3120. The summed E-state index contributed by atoms with van der Waals surface area (Å²) in [6.07, 6.45) is 0. The molecule has 57 heavy (non-hydrogen) atoms. The molecule has 1 heterocycles. The lowest BCUT2D eigenvalue weighted by Crippen LogP contribution is -2.17. The summed E-state index contributed by atoms with van der Waals surface area (Å²) in [4.78, 5) is 2.49. The minimum absolute atomic E-state index is 0.222. The van der Waals surface area contributed by atoms with Gasteiger partial charge in [0.05, 0.1) is 5.69 Å². The molecule has 0 aliphatic heterocycles. The number of thiophene rings is 1. The Kier molecular flexibility index (Phi) is 7.77. The van der Waals surface area contributed by atoms with E-state index in [1.165, 1.54) is 92.3 Å². The third-order valence-electron chi connectivity index (χ3n) is 12.0. The Morgan fingerprint density at radius 1 is 0.421 bits per heavy atom. The summed E-state index contributed by atoms with van der Waals surface area (Å²) in [7, 11) is 0. The average Bonchev–Trinajstić information content (AvgIpc) is 3.77. The first-order valence-corrected chi connectivity index (χ1v) is 20.6. The minimum Gasteiger partial charge on any atom is -0.310 e. The SMILES string of the molecule is CC1(C)c2cc(-c3ccccc3)ccc2-c2c(N(c3ccc(-c4ccccc4)cc3)c3ccc(-c4cccc5c4sc4ccccc45)cc3)cc3ccccc3c21. The molecular weight excluding hydrogens is 707 g/mol. The van der Waals surface area contributed by atoms with Crippen LogP contribution in [-0.4, -0.2) is 0 Å². The van der Waals surface area contributed by atoms with E-state index in [0.717, 1.165) is 11.4 Å². The quantitative estimate of drug-likeness (QED) is 0.164. The van der Waals surface area contributed by atoms with Crippen LogP contribution in [0.5, 0.6) is 0 Å². The van der Waals surface area contributed by atoms with Gasteiger partial charge in [-0.15, -0.1) is 11.3 Å². The van der Waals surface area contributed by atoms with Gasteiger partial charge in [0.15, 0.2) is 0 Å². The first-order valence-electron chi connectivity index (χ1n) is 19.8. The molecular formula is C55H39NS. The molecule has 10 aromatic rings. The predicted molar refractivity (Wildman–Crippen MR) is 245 cm³/mol. The average molecular weight is 746 g/mol. The normalized spacial score (nSPS) is 12.9. The van der Waals surface area contributed by atoms with E-state index in [1.54, 1.807) is 0 Å². The highest BCUT2D eigenvalue weighted by Gasteiger charge is 2.40. The molecule has 0 saturated heterocycles. The van der Waals surface area contributed by atoms with Gasteiger partial charge < -0.3 is 4.90 Å². The van der Waals surface area contributed by atoms with Gasteiger partial charge in [0.25, 0.3) is 0 Å². The Morgan fingerprint density at radius 2 is 0.982 bits per heavy atom. The maximum Gasteiger partial charge on any atom is 0.0549 e. The number of benzene rings is 9. The first-order chi connectivity index (χ1) is 28.0. The second kappa shape index (κ2) is 13.2. The lowest BCUT2D eigenvalue weighted by molar-refractivity contribution is 0.666. The van der Waals surface area contributed by atoms with E-state index in [9.17, 15) is 0 Å². The van der Waals surface area contributed by atoms with Gasteiger partial charge in [-0.3, -0.25) is 0 Å². The third-order valence-corrected chi connectivity index (χ3v) is 13.3. The highest BCUT2D eigenvalue weighted by molar-refractivity contribution is 7.26. The molecule has 0 spiro atoms. The van der Waals surface area contributed by atoms with Gasteiger partial charge in [-0.05, 0) is 103 Å². The smallest absolute Gasteiger partial charge is 0.0549 e. The summed E-state index contributed by atoms with van der Waals surface area (Å²) in [6.45, 7) is 4.82. The van der Waals surface area contributed by atoms with Crippen molar-refractivity contribution in [2.24, 2.45) is 0 Å². The van der Waals surface area contributed by atoms with Gasteiger partial charge in [0.2, 0.25) is 0 Å². The van der Waals surface area contributed by atoms with Crippen LogP contribution in [0.2, 0.25) is 0 Å². The molecule has 1 aromatic heterocycles. The van der Waals surface area contributed by atoms with Gasteiger partial charge in [0, 0.05) is 42.5 Å². The van der Waals surface area contributed by atoms with Crippen LogP contribution in [-0.2, 0) is 5.41 Å². The lowest BCUT2D eigenvalue weighted by atomic mass is 9.79. The number of nitrogens with zero attached hydrogens (tertiary/aromatic N) is 1. The Labute approximate surface area is 337 Å². The number of anilines is 3. The van der Waals surface area contributed by atoms with E-state index in [0.29, 0.717) is 0 Å². The van der Waals surface area contributed by atoms with Crippen molar-refractivity contribution in [2.45, 2.75) is 19.3 Å². The third kappa shape index (κ3) is 5.44. The lowest BCUT2D eigenvalue weighted by Gasteiger charge is -2.30. The molecule has 2 heteroatoms. The molecule has 0 amide bonds. The van der Waals surface area contributed by atoms with Gasteiger partial charge in [-0.1, -0.05) is 172 Å². The highest BCUT2D eigenvalue weighted by Crippen LogP contribution is 2.57. The molecule has 11 rings (SSSR count). The molecule has 0 saturated carbocycles. The zero-order valence-corrected chi connectivity index (χ0v) is 32.7. The van der Waals surface area contributed by atoms with Crippen LogP contribution in [0.3, 0.4) is 0 Å². The van der Waals surface area contributed by atoms with Gasteiger partial charge in [-0.2, -0.15) is 0 Å². The Balaban J connectivity index is 1.12. The molecule has 270 valence electrons. The van der Waals surface area contributed by atoms with E-state index in [2.05, 4.69) is 219 Å². The van der Waals surface area contributed by atoms with Crippen molar-refractivity contribution in [3.8, 4) is 44.5 Å². The summed E-state index contributed by atoms with van der Waals surface area (Å²) in [5.41, 5.74) is 16.0. The second-order valence-corrected chi connectivity index (χ2v) is 16.7. The number of fused-ring (bicyclic) bond motifs is 8.